The predicted molar refractivity (Wildman–Crippen MR) is 107 cm³/mol. The fraction of sp³-hybridized carbons (Fsp3) is 0.273. The minimum Gasteiger partial charge on any atom is -0.462 e. The molecule has 3 aromatic rings. The summed E-state index contributed by atoms with van der Waals surface area (Å²) in [6.07, 6.45) is 4.12. The van der Waals surface area contributed by atoms with Crippen molar-refractivity contribution in [2.45, 2.75) is 26.2 Å². The Bertz CT molecular complexity index is 942. The average Bonchev–Trinajstić information content (AvgIpc) is 2.98. The molecular weight excluding hydrogens is 340 g/mol. The third-order valence-electron chi connectivity index (χ3n) is 4.47. The molecule has 0 aliphatic heterocycles. The van der Waals surface area contributed by atoms with Crippen LogP contribution < -0.4 is 5.32 Å². The van der Waals surface area contributed by atoms with E-state index in [0.29, 0.717) is 24.3 Å². The third-order valence-corrected chi connectivity index (χ3v) is 4.47. The van der Waals surface area contributed by atoms with Gasteiger partial charge in [-0.1, -0.05) is 31.5 Å². The lowest BCUT2D eigenvalue weighted by Gasteiger charge is -2.07. The van der Waals surface area contributed by atoms with Crippen molar-refractivity contribution in [1.82, 2.24) is 4.57 Å². The first-order valence-corrected chi connectivity index (χ1v) is 9.18. The summed E-state index contributed by atoms with van der Waals surface area (Å²) in [5, 5.41) is 3.97. The van der Waals surface area contributed by atoms with Crippen molar-refractivity contribution in [1.29, 1.82) is 0 Å². The van der Waals surface area contributed by atoms with Crippen LogP contribution in [0.4, 0.5) is 5.69 Å². The van der Waals surface area contributed by atoms with Gasteiger partial charge in [-0.3, -0.25) is 4.79 Å². The van der Waals surface area contributed by atoms with Crippen molar-refractivity contribution in [2.24, 2.45) is 7.05 Å². The van der Waals surface area contributed by atoms with Crippen molar-refractivity contribution in [3.05, 3.63) is 65.9 Å². The van der Waals surface area contributed by atoms with Gasteiger partial charge in [0.05, 0.1) is 18.6 Å². The Kier molecular flexibility index (Phi) is 5.91. The SMILES string of the molecule is CCCCOC(=O)c1ccc(NC(=O)Cc2cn(C)c3ccccc23)cc1. The summed E-state index contributed by atoms with van der Waals surface area (Å²) in [4.78, 5) is 24.3. The van der Waals surface area contributed by atoms with Gasteiger partial charge in [0.25, 0.3) is 0 Å². The van der Waals surface area contributed by atoms with E-state index in [2.05, 4.69) is 5.32 Å². The maximum Gasteiger partial charge on any atom is 0.338 e. The van der Waals surface area contributed by atoms with E-state index in [9.17, 15) is 9.59 Å². The van der Waals surface area contributed by atoms with Crippen molar-refractivity contribution in [3.8, 4) is 0 Å². The molecule has 140 valence electrons. The molecule has 5 heteroatoms. The number of aromatic nitrogens is 1. The highest BCUT2D eigenvalue weighted by Gasteiger charge is 2.11. The van der Waals surface area contributed by atoms with Crippen LogP contribution in [0.15, 0.2) is 54.7 Å². The van der Waals surface area contributed by atoms with E-state index in [0.717, 1.165) is 29.3 Å². The van der Waals surface area contributed by atoms with E-state index >= 15 is 0 Å². The van der Waals surface area contributed by atoms with Gasteiger partial charge in [0.2, 0.25) is 5.91 Å². The molecular formula is C22H24N2O3. The molecule has 1 heterocycles. The second kappa shape index (κ2) is 8.54. The largest absolute Gasteiger partial charge is 0.462 e. The van der Waals surface area contributed by atoms with E-state index in [1.807, 2.05) is 49.0 Å². The Morgan fingerprint density at radius 1 is 1.07 bits per heavy atom. The standard InChI is InChI=1S/C22H24N2O3/c1-3-4-13-27-22(26)16-9-11-18(12-10-16)23-21(25)14-17-15-24(2)20-8-6-5-7-19(17)20/h5-12,15H,3-4,13-14H2,1-2H3,(H,23,25). The van der Waals surface area contributed by atoms with E-state index in [1.54, 1.807) is 24.3 Å². The Labute approximate surface area is 158 Å². The number of amides is 1. The van der Waals surface area contributed by atoms with Crippen molar-refractivity contribution in [3.63, 3.8) is 0 Å². The van der Waals surface area contributed by atoms with Gasteiger partial charge in [-0.15, -0.1) is 0 Å². The van der Waals surface area contributed by atoms with Gasteiger partial charge in [0.15, 0.2) is 0 Å². The minimum absolute atomic E-state index is 0.0929. The summed E-state index contributed by atoms with van der Waals surface area (Å²) < 4.78 is 7.21. The molecule has 1 N–H and O–H groups in total. The number of hydrogen-bond acceptors (Lipinski definition) is 3. The summed E-state index contributed by atoms with van der Waals surface area (Å²) in [6.45, 7) is 2.47. The number of unbranched alkanes of at least 4 members (excludes halogenated alkanes) is 1. The molecule has 1 aromatic heterocycles. The van der Waals surface area contributed by atoms with Gasteiger partial charge >= 0.3 is 5.97 Å². The summed E-state index contributed by atoms with van der Waals surface area (Å²) in [5.41, 5.74) is 3.23. The highest BCUT2D eigenvalue weighted by molar-refractivity contribution is 5.96. The maximum absolute atomic E-state index is 12.4. The van der Waals surface area contributed by atoms with Crippen LogP contribution in [-0.4, -0.2) is 23.1 Å². The van der Waals surface area contributed by atoms with Gasteiger partial charge in [-0.25, -0.2) is 4.79 Å². The van der Waals surface area contributed by atoms with Gasteiger partial charge in [0.1, 0.15) is 0 Å². The number of rotatable bonds is 7. The molecule has 0 atom stereocenters. The van der Waals surface area contributed by atoms with Gasteiger partial charge < -0.3 is 14.6 Å². The van der Waals surface area contributed by atoms with E-state index < -0.39 is 0 Å². The number of anilines is 1. The fourth-order valence-corrected chi connectivity index (χ4v) is 3.03. The maximum atomic E-state index is 12.4. The van der Waals surface area contributed by atoms with Crippen LogP contribution in [0.2, 0.25) is 0 Å². The molecule has 0 spiro atoms. The van der Waals surface area contributed by atoms with Crippen LogP contribution in [-0.2, 0) is 23.0 Å². The third kappa shape index (κ3) is 4.56. The number of benzene rings is 2. The molecule has 0 fully saturated rings. The molecule has 3 rings (SSSR count). The second-order valence-corrected chi connectivity index (χ2v) is 6.57. The number of fused-ring (bicyclic) bond motifs is 1. The first-order valence-electron chi connectivity index (χ1n) is 9.18. The van der Waals surface area contributed by atoms with Crippen LogP contribution in [0.3, 0.4) is 0 Å². The smallest absolute Gasteiger partial charge is 0.338 e. The molecule has 0 aliphatic carbocycles. The summed E-state index contributed by atoms with van der Waals surface area (Å²) in [5.74, 6) is -0.429. The number of carbonyl (C=O) groups excluding carboxylic acids is 2. The van der Waals surface area contributed by atoms with Gasteiger partial charge in [-0.05, 0) is 42.3 Å². The molecule has 0 bridgehead atoms. The monoisotopic (exact) mass is 364 g/mol. The molecule has 5 nitrogen and oxygen atoms in total. The number of ether oxygens (including phenoxy) is 1. The van der Waals surface area contributed by atoms with Crippen molar-refractivity contribution in [2.75, 3.05) is 11.9 Å². The van der Waals surface area contributed by atoms with Crippen molar-refractivity contribution >= 4 is 28.5 Å². The lowest BCUT2D eigenvalue weighted by molar-refractivity contribution is -0.115. The molecule has 0 radical (unpaired) electrons. The number of hydrogen-bond donors (Lipinski definition) is 1. The number of carbonyl (C=O) groups is 2. The number of nitrogens with one attached hydrogen (secondary N) is 1. The van der Waals surface area contributed by atoms with Crippen LogP contribution in [0, 0.1) is 0 Å². The fourth-order valence-electron chi connectivity index (χ4n) is 3.03. The molecule has 27 heavy (non-hydrogen) atoms. The minimum atomic E-state index is -0.336. The number of para-hydroxylation sites is 1. The zero-order valence-corrected chi connectivity index (χ0v) is 15.7. The zero-order valence-electron chi connectivity index (χ0n) is 15.7. The molecule has 0 aliphatic rings. The van der Waals surface area contributed by atoms with Crippen LogP contribution >= 0.6 is 0 Å². The first-order chi connectivity index (χ1) is 13.1. The summed E-state index contributed by atoms with van der Waals surface area (Å²) in [6, 6.07) is 14.8. The van der Waals surface area contributed by atoms with Gasteiger partial charge in [-0.2, -0.15) is 0 Å². The van der Waals surface area contributed by atoms with E-state index in [4.69, 9.17) is 4.74 Å². The van der Waals surface area contributed by atoms with E-state index in [-0.39, 0.29) is 11.9 Å². The lowest BCUT2D eigenvalue weighted by Crippen LogP contribution is -2.14. The zero-order chi connectivity index (χ0) is 19.2. The molecule has 0 saturated carbocycles. The molecule has 1 amide bonds. The quantitative estimate of drug-likeness (QED) is 0.502. The van der Waals surface area contributed by atoms with Crippen LogP contribution in [0.1, 0.15) is 35.7 Å². The highest BCUT2D eigenvalue weighted by atomic mass is 16.5. The summed E-state index contributed by atoms with van der Waals surface area (Å²) in [7, 11) is 1.97. The number of nitrogens with zero attached hydrogens (tertiary/aromatic N) is 1. The molecule has 0 unspecified atom stereocenters. The Hall–Kier alpha value is -3.08. The number of esters is 1. The predicted octanol–water partition coefficient (Wildman–Crippen LogP) is 4.32. The molecule has 0 saturated heterocycles. The Morgan fingerprint density at radius 3 is 2.56 bits per heavy atom. The normalized spacial score (nSPS) is 10.7. The highest BCUT2D eigenvalue weighted by Crippen LogP contribution is 2.21. The molecule has 2 aromatic carbocycles. The topological polar surface area (TPSA) is 60.3 Å². The van der Waals surface area contributed by atoms with Crippen LogP contribution in [0.25, 0.3) is 10.9 Å². The second-order valence-electron chi connectivity index (χ2n) is 6.57. The average molecular weight is 364 g/mol. The number of aryl methyl sites for hydroxylation is 1. The summed E-state index contributed by atoms with van der Waals surface area (Å²) >= 11 is 0. The van der Waals surface area contributed by atoms with Crippen molar-refractivity contribution < 1.29 is 14.3 Å². The Balaban J connectivity index is 1.61. The first kappa shape index (κ1) is 18.7. The van der Waals surface area contributed by atoms with Crippen LogP contribution in [0.5, 0.6) is 0 Å². The Morgan fingerprint density at radius 2 is 1.81 bits per heavy atom. The van der Waals surface area contributed by atoms with Gasteiger partial charge in [0, 0.05) is 29.8 Å². The van der Waals surface area contributed by atoms with E-state index in [1.165, 1.54) is 0 Å². The lowest BCUT2D eigenvalue weighted by atomic mass is 10.1.